The van der Waals surface area contributed by atoms with Gasteiger partial charge in [-0.3, -0.25) is 14.8 Å². The molecule has 0 bridgehead atoms. The summed E-state index contributed by atoms with van der Waals surface area (Å²) >= 11 is 0. The Labute approximate surface area is 123 Å². The first-order valence-electron chi connectivity index (χ1n) is 6.94. The fourth-order valence-electron chi connectivity index (χ4n) is 1.90. The van der Waals surface area contributed by atoms with Crippen molar-refractivity contribution in [2.75, 3.05) is 6.54 Å². The molecule has 7 heteroatoms. The molecular formula is C14H19N5O2. The number of nitro benzene ring substituents is 1. The molecule has 0 radical (unpaired) electrons. The van der Waals surface area contributed by atoms with Crippen LogP contribution in [0.3, 0.4) is 0 Å². The van der Waals surface area contributed by atoms with Crippen molar-refractivity contribution in [3.63, 3.8) is 0 Å². The van der Waals surface area contributed by atoms with Gasteiger partial charge in [0.25, 0.3) is 5.69 Å². The minimum atomic E-state index is -0.419. The van der Waals surface area contributed by atoms with Crippen molar-refractivity contribution >= 4 is 5.69 Å². The SMILES string of the molecule is CC(C)NCCCn1cnc(-c2ccc([N+](=O)[O-])cc2)n1. The Bertz CT molecular complexity index is 592. The van der Waals surface area contributed by atoms with Crippen LogP contribution in [0.25, 0.3) is 11.4 Å². The Morgan fingerprint density at radius 2 is 2.05 bits per heavy atom. The fourth-order valence-corrected chi connectivity index (χ4v) is 1.90. The summed E-state index contributed by atoms with van der Waals surface area (Å²) in [5.41, 5.74) is 0.845. The van der Waals surface area contributed by atoms with Crippen LogP contribution in [0.4, 0.5) is 5.69 Å². The van der Waals surface area contributed by atoms with Crippen molar-refractivity contribution in [1.29, 1.82) is 0 Å². The average molecular weight is 289 g/mol. The van der Waals surface area contributed by atoms with Gasteiger partial charge in [-0.25, -0.2) is 4.98 Å². The highest BCUT2D eigenvalue weighted by Crippen LogP contribution is 2.18. The maximum atomic E-state index is 10.6. The van der Waals surface area contributed by atoms with Crippen LogP contribution in [0.15, 0.2) is 30.6 Å². The first kappa shape index (κ1) is 15.1. The molecule has 0 saturated carbocycles. The molecule has 0 aliphatic heterocycles. The second-order valence-electron chi connectivity index (χ2n) is 5.10. The Hall–Kier alpha value is -2.28. The van der Waals surface area contributed by atoms with Crippen LogP contribution in [-0.2, 0) is 6.54 Å². The van der Waals surface area contributed by atoms with E-state index in [0.717, 1.165) is 25.1 Å². The van der Waals surface area contributed by atoms with Gasteiger partial charge in [0.1, 0.15) is 6.33 Å². The molecule has 0 aliphatic rings. The molecule has 0 amide bonds. The zero-order valence-corrected chi connectivity index (χ0v) is 12.2. The summed E-state index contributed by atoms with van der Waals surface area (Å²) in [6, 6.07) is 6.73. The largest absolute Gasteiger partial charge is 0.314 e. The molecule has 2 rings (SSSR count). The van der Waals surface area contributed by atoms with E-state index in [0.29, 0.717) is 11.9 Å². The van der Waals surface area contributed by atoms with Crippen LogP contribution < -0.4 is 5.32 Å². The molecule has 0 saturated heterocycles. The van der Waals surface area contributed by atoms with Crippen LogP contribution >= 0.6 is 0 Å². The second-order valence-corrected chi connectivity index (χ2v) is 5.10. The summed E-state index contributed by atoms with van der Waals surface area (Å²) < 4.78 is 1.79. The number of aromatic nitrogens is 3. The van der Waals surface area contributed by atoms with E-state index in [4.69, 9.17) is 0 Å². The summed E-state index contributed by atoms with van der Waals surface area (Å²) in [4.78, 5) is 14.4. The van der Waals surface area contributed by atoms with E-state index in [-0.39, 0.29) is 5.69 Å². The lowest BCUT2D eigenvalue weighted by Crippen LogP contribution is -2.24. The van der Waals surface area contributed by atoms with Crippen LogP contribution in [0, 0.1) is 10.1 Å². The molecule has 0 unspecified atom stereocenters. The summed E-state index contributed by atoms with van der Waals surface area (Å²) in [5, 5.41) is 18.3. The highest BCUT2D eigenvalue weighted by Gasteiger charge is 2.08. The number of nitrogens with zero attached hydrogens (tertiary/aromatic N) is 4. The van der Waals surface area contributed by atoms with E-state index in [1.807, 2.05) is 0 Å². The van der Waals surface area contributed by atoms with Crippen LogP contribution in [-0.4, -0.2) is 32.3 Å². The minimum absolute atomic E-state index is 0.0675. The molecule has 2 aromatic rings. The number of hydrogen-bond acceptors (Lipinski definition) is 5. The van der Waals surface area contributed by atoms with Crippen molar-refractivity contribution in [1.82, 2.24) is 20.1 Å². The quantitative estimate of drug-likeness (QED) is 0.480. The smallest absolute Gasteiger partial charge is 0.269 e. The zero-order valence-electron chi connectivity index (χ0n) is 12.2. The monoisotopic (exact) mass is 289 g/mol. The number of non-ortho nitro benzene ring substituents is 1. The lowest BCUT2D eigenvalue weighted by molar-refractivity contribution is -0.384. The Morgan fingerprint density at radius 3 is 2.67 bits per heavy atom. The Balaban J connectivity index is 1.94. The molecule has 0 fully saturated rings. The third-order valence-corrected chi connectivity index (χ3v) is 2.99. The number of nitro groups is 1. The summed E-state index contributed by atoms with van der Waals surface area (Å²) in [6.07, 6.45) is 2.66. The first-order valence-corrected chi connectivity index (χ1v) is 6.94. The maximum Gasteiger partial charge on any atom is 0.269 e. The minimum Gasteiger partial charge on any atom is -0.314 e. The summed E-state index contributed by atoms with van der Waals surface area (Å²) in [5.74, 6) is 0.585. The standard InChI is InChI=1S/C14H19N5O2/c1-11(2)15-8-3-9-18-10-16-14(17-18)12-4-6-13(7-5-12)19(20)21/h4-7,10-11,15H,3,8-9H2,1-2H3. The van der Waals surface area contributed by atoms with Gasteiger partial charge in [0.2, 0.25) is 0 Å². The van der Waals surface area contributed by atoms with Crippen molar-refractivity contribution in [2.24, 2.45) is 0 Å². The van der Waals surface area contributed by atoms with Gasteiger partial charge in [0, 0.05) is 30.3 Å². The number of hydrogen-bond donors (Lipinski definition) is 1. The average Bonchev–Trinajstić information content (AvgIpc) is 2.92. The van der Waals surface area contributed by atoms with Gasteiger partial charge in [-0.15, -0.1) is 0 Å². The summed E-state index contributed by atoms with van der Waals surface area (Å²) in [6.45, 7) is 5.95. The Morgan fingerprint density at radius 1 is 1.33 bits per heavy atom. The normalized spacial score (nSPS) is 11.0. The van der Waals surface area contributed by atoms with Gasteiger partial charge in [-0.1, -0.05) is 13.8 Å². The maximum absolute atomic E-state index is 10.6. The van der Waals surface area contributed by atoms with E-state index in [1.54, 1.807) is 23.1 Å². The highest BCUT2D eigenvalue weighted by molar-refractivity contribution is 5.56. The lowest BCUT2D eigenvalue weighted by atomic mass is 10.2. The zero-order chi connectivity index (χ0) is 15.2. The molecule has 1 aromatic heterocycles. The van der Waals surface area contributed by atoms with Crippen molar-refractivity contribution in [2.45, 2.75) is 32.9 Å². The molecule has 112 valence electrons. The summed E-state index contributed by atoms with van der Waals surface area (Å²) in [7, 11) is 0. The number of rotatable bonds is 7. The van der Waals surface area contributed by atoms with E-state index >= 15 is 0 Å². The van der Waals surface area contributed by atoms with Gasteiger partial charge in [-0.2, -0.15) is 5.10 Å². The first-order chi connectivity index (χ1) is 10.1. The lowest BCUT2D eigenvalue weighted by Gasteiger charge is -2.07. The van der Waals surface area contributed by atoms with Crippen LogP contribution in [0.5, 0.6) is 0 Å². The number of aryl methyl sites for hydroxylation is 1. The molecular weight excluding hydrogens is 270 g/mol. The molecule has 1 N–H and O–H groups in total. The van der Waals surface area contributed by atoms with Crippen molar-refractivity contribution < 1.29 is 4.92 Å². The van der Waals surface area contributed by atoms with Gasteiger partial charge < -0.3 is 5.32 Å². The topological polar surface area (TPSA) is 85.9 Å². The van der Waals surface area contributed by atoms with Gasteiger partial charge in [0.15, 0.2) is 5.82 Å². The van der Waals surface area contributed by atoms with Crippen LogP contribution in [0.1, 0.15) is 20.3 Å². The van der Waals surface area contributed by atoms with Gasteiger partial charge >= 0.3 is 0 Å². The number of benzene rings is 1. The molecule has 0 spiro atoms. The van der Waals surface area contributed by atoms with E-state index in [1.165, 1.54) is 12.1 Å². The number of nitrogens with one attached hydrogen (secondary N) is 1. The molecule has 7 nitrogen and oxygen atoms in total. The second kappa shape index (κ2) is 6.94. The third-order valence-electron chi connectivity index (χ3n) is 2.99. The van der Waals surface area contributed by atoms with Crippen LogP contribution in [0.2, 0.25) is 0 Å². The predicted molar refractivity (Wildman–Crippen MR) is 79.9 cm³/mol. The van der Waals surface area contributed by atoms with Crippen molar-refractivity contribution in [3.05, 3.63) is 40.7 Å². The van der Waals surface area contributed by atoms with Crippen molar-refractivity contribution in [3.8, 4) is 11.4 Å². The van der Waals surface area contributed by atoms with E-state index < -0.39 is 4.92 Å². The molecule has 0 atom stereocenters. The molecule has 21 heavy (non-hydrogen) atoms. The molecule has 1 heterocycles. The fraction of sp³-hybridized carbons (Fsp3) is 0.429. The van der Waals surface area contributed by atoms with E-state index in [9.17, 15) is 10.1 Å². The predicted octanol–water partition coefficient (Wildman–Crippen LogP) is 2.24. The van der Waals surface area contributed by atoms with Gasteiger partial charge in [0.05, 0.1) is 4.92 Å². The van der Waals surface area contributed by atoms with E-state index in [2.05, 4.69) is 29.2 Å². The molecule has 1 aromatic carbocycles. The van der Waals surface area contributed by atoms with Gasteiger partial charge in [-0.05, 0) is 25.1 Å². The Kier molecular flexibility index (Phi) is 4.99. The highest BCUT2D eigenvalue weighted by atomic mass is 16.6. The third kappa shape index (κ3) is 4.35. The molecule has 0 aliphatic carbocycles.